The molecule has 0 aliphatic heterocycles. The summed E-state index contributed by atoms with van der Waals surface area (Å²) in [6.45, 7) is 1.16. The van der Waals surface area contributed by atoms with Gasteiger partial charge in [0.25, 0.3) is 0 Å². The fraction of sp³-hybridized carbons (Fsp3) is 0.778. The Balaban J connectivity index is 3.90. The lowest BCUT2D eigenvalue weighted by Crippen LogP contribution is -2.30. The first-order valence-corrected chi connectivity index (χ1v) is 4.54. The van der Waals surface area contributed by atoms with Crippen LogP contribution in [-0.4, -0.2) is 47.7 Å². The zero-order valence-electron chi connectivity index (χ0n) is 8.18. The van der Waals surface area contributed by atoms with Crippen LogP contribution in [0.3, 0.4) is 0 Å². The van der Waals surface area contributed by atoms with Crippen LogP contribution in [0.1, 0.15) is 19.8 Å². The van der Waals surface area contributed by atoms with E-state index in [4.69, 9.17) is 14.9 Å². The molecular weight excluding hydrogens is 188 g/mol. The van der Waals surface area contributed by atoms with Gasteiger partial charge in [-0.2, -0.15) is 0 Å². The normalized spacial score (nSPS) is 14.8. The number of aldehydes is 1. The molecule has 14 heavy (non-hydrogen) atoms. The number of Topliss-reactive ketones (excluding diaryl/α,β-unsaturated/α-hetero) is 1. The summed E-state index contributed by atoms with van der Waals surface area (Å²) in [4.78, 5) is 21.6. The predicted molar refractivity (Wildman–Crippen MR) is 48.8 cm³/mol. The fourth-order valence-corrected chi connectivity index (χ4v) is 0.864. The van der Waals surface area contributed by atoms with Gasteiger partial charge in [-0.25, -0.2) is 0 Å². The summed E-state index contributed by atoms with van der Waals surface area (Å²) in [5.41, 5.74) is 0. The van der Waals surface area contributed by atoms with E-state index in [1.807, 2.05) is 6.92 Å². The molecule has 0 aromatic carbocycles. The van der Waals surface area contributed by atoms with Gasteiger partial charge >= 0.3 is 0 Å². The molecule has 5 heteroatoms. The second-order valence-corrected chi connectivity index (χ2v) is 2.94. The molecule has 0 rings (SSSR count). The molecule has 2 atom stereocenters. The van der Waals surface area contributed by atoms with E-state index in [0.717, 1.165) is 0 Å². The van der Waals surface area contributed by atoms with E-state index in [2.05, 4.69) is 0 Å². The molecule has 0 aliphatic carbocycles. The summed E-state index contributed by atoms with van der Waals surface area (Å²) in [6, 6.07) is 0. The molecule has 0 bridgehead atoms. The van der Waals surface area contributed by atoms with Crippen molar-refractivity contribution in [3.8, 4) is 0 Å². The number of aliphatic hydroxyl groups excluding tert-OH is 2. The van der Waals surface area contributed by atoms with E-state index < -0.39 is 18.8 Å². The minimum Gasteiger partial charge on any atom is -0.394 e. The van der Waals surface area contributed by atoms with E-state index in [1.54, 1.807) is 0 Å². The van der Waals surface area contributed by atoms with Gasteiger partial charge in [0.1, 0.15) is 6.10 Å². The molecule has 0 aliphatic rings. The van der Waals surface area contributed by atoms with Gasteiger partial charge in [0.05, 0.1) is 13.2 Å². The van der Waals surface area contributed by atoms with Crippen LogP contribution in [0.4, 0.5) is 0 Å². The van der Waals surface area contributed by atoms with Crippen molar-refractivity contribution < 1.29 is 24.5 Å². The number of aliphatic hydroxyl groups is 2. The van der Waals surface area contributed by atoms with Crippen LogP contribution in [0.2, 0.25) is 0 Å². The molecule has 0 amide bonds. The number of carbonyl (C=O) groups is 2. The number of ether oxygens (including phenoxy) is 1. The van der Waals surface area contributed by atoms with Crippen molar-refractivity contribution in [2.24, 2.45) is 0 Å². The fourth-order valence-electron chi connectivity index (χ4n) is 0.864. The second-order valence-electron chi connectivity index (χ2n) is 2.94. The Labute approximate surface area is 82.7 Å². The number of ketones is 1. The largest absolute Gasteiger partial charge is 0.394 e. The van der Waals surface area contributed by atoms with Crippen molar-refractivity contribution in [2.75, 3.05) is 13.2 Å². The van der Waals surface area contributed by atoms with Crippen LogP contribution in [0.5, 0.6) is 0 Å². The quantitative estimate of drug-likeness (QED) is 0.403. The van der Waals surface area contributed by atoms with E-state index >= 15 is 0 Å². The Kier molecular flexibility index (Phi) is 7.18. The molecule has 0 radical (unpaired) electrons. The van der Waals surface area contributed by atoms with Crippen molar-refractivity contribution in [1.29, 1.82) is 0 Å². The van der Waals surface area contributed by atoms with Crippen LogP contribution in [0, 0.1) is 0 Å². The Morgan fingerprint density at radius 2 is 2.21 bits per heavy atom. The van der Waals surface area contributed by atoms with Gasteiger partial charge in [0, 0.05) is 6.42 Å². The molecule has 0 spiro atoms. The SMILES string of the molecule is CCCC(=O)C(C=O)OCC(O)CO. The van der Waals surface area contributed by atoms with E-state index in [9.17, 15) is 9.59 Å². The van der Waals surface area contributed by atoms with E-state index in [0.29, 0.717) is 12.7 Å². The third kappa shape index (κ3) is 5.06. The van der Waals surface area contributed by atoms with Gasteiger partial charge in [-0.1, -0.05) is 6.92 Å². The van der Waals surface area contributed by atoms with Crippen LogP contribution in [0.15, 0.2) is 0 Å². The molecule has 0 saturated carbocycles. The topological polar surface area (TPSA) is 83.8 Å². The summed E-state index contributed by atoms with van der Waals surface area (Å²) < 4.78 is 4.83. The minimum absolute atomic E-state index is 0.213. The number of carbonyl (C=O) groups excluding carboxylic acids is 2. The van der Waals surface area contributed by atoms with Crippen LogP contribution >= 0.6 is 0 Å². The van der Waals surface area contributed by atoms with Crippen LogP contribution in [-0.2, 0) is 14.3 Å². The lowest BCUT2D eigenvalue weighted by atomic mass is 10.1. The molecule has 0 heterocycles. The Bertz CT molecular complexity index is 180. The summed E-state index contributed by atoms with van der Waals surface area (Å²) in [5, 5.41) is 17.4. The van der Waals surface area contributed by atoms with Crippen LogP contribution in [0.25, 0.3) is 0 Å². The van der Waals surface area contributed by atoms with Gasteiger partial charge in [0.15, 0.2) is 18.2 Å². The van der Waals surface area contributed by atoms with E-state index in [-0.39, 0.29) is 18.8 Å². The van der Waals surface area contributed by atoms with Crippen molar-refractivity contribution in [1.82, 2.24) is 0 Å². The van der Waals surface area contributed by atoms with Gasteiger partial charge in [-0.3, -0.25) is 9.59 Å². The maximum absolute atomic E-state index is 11.2. The van der Waals surface area contributed by atoms with Gasteiger partial charge < -0.3 is 14.9 Å². The first-order valence-electron chi connectivity index (χ1n) is 4.54. The Morgan fingerprint density at radius 3 is 2.64 bits per heavy atom. The third-order valence-electron chi connectivity index (χ3n) is 1.62. The monoisotopic (exact) mass is 204 g/mol. The Hall–Kier alpha value is -0.780. The first kappa shape index (κ1) is 13.2. The van der Waals surface area contributed by atoms with Crippen molar-refractivity contribution in [3.63, 3.8) is 0 Å². The molecule has 2 unspecified atom stereocenters. The van der Waals surface area contributed by atoms with Crippen molar-refractivity contribution in [2.45, 2.75) is 32.0 Å². The summed E-state index contributed by atoms with van der Waals surface area (Å²) in [6.07, 6.45) is -0.835. The van der Waals surface area contributed by atoms with Gasteiger partial charge in [0.2, 0.25) is 0 Å². The second kappa shape index (κ2) is 7.61. The average Bonchev–Trinajstić information content (AvgIpc) is 2.18. The van der Waals surface area contributed by atoms with Crippen molar-refractivity contribution in [3.05, 3.63) is 0 Å². The summed E-state index contributed by atoms with van der Waals surface area (Å²) in [7, 11) is 0. The lowest BCUT2D eigenvalue weighted by molar-refractivity contribution is -0.139. The molecule has 0 aromatic heterocycles. The number of rotatable bonds is 8. The maximum Gasteiger partial charge on any atom is 0.171 e. The van der Waals surface area contributed by atoms with Gasteiger partial charge in [-0.15, -0.1) is 0 Å². The highest BCUT2D eigenvalue weighted by Gasteiger charge is 2.18. The predicted octanol–water partition coefficient (Wildman–Crippen LogP) is -0.707. The highest BCUT2D eigenvalue weighted by molar-refractivity contribution is 5.96. The summed E-state index contributed by atoms with van der Waals surface area (Å²) in [5.74, 6) is -0.298. The zero-order chi connectivity index (χ0) is 11.0. The zero-order valence-corrected chi connectivity index (χ0v) is 8.18. The standard InChI is InChI=1S/C9H16O5/c1-2-3-8(13)9(5-11)14-6-7(12)4-10/h5,7,9-10,12H,2-4,6H2,1H3. The first-order chi connectivity index (χ1) is 6.65. The molecule has 5 nitrogen and oxygen atoms in total. The highest BCUT2D eigenvalue weighted by Crippen LogP contribution is 1.99. The number of hydrogen-bond acceptors (Lipinski definition) is 5. The third-order valence-corrected chi connectivity index (χ3v) is 1.62. The smallest absolute Gasteiger partial charge is 0.171 e. The maximum atomic E-state index is 11.2. The number of hydrogen-bond donors (Lipinski definition) is 2. The molecule has 2 N–H and O–H groups in total. The average molecular weight is 204 g/mol. The molecule has 0 fully saturated rings. The molecule has 0 saturated heterocycles. The molecule has 0 aromatic rings. The van der Waals surface area contributed by atoms with Crippen molar-refractivity contribution >= 4 is 12.1 Å². The highest BCUT2D eigenvalue weighted by atomic mass is 16.5. The molecule has 82 valence electrons. The lowest BCUT2D eigenvalue weighted by Gasteiger charge is -2.12. The Morgan fingerprint density at radius 1 is 1.57 bits per heavy atom. The summed E-state index contributed by atoms with van der Waals surface area (Å²) >= 11 is 0. The van der Waals surface area contributed by atoms with E-state index in [1.165, 1.54) is 0 Å². The van der Waals surface area contributed by atoms with Crippen LogP contribution < -0.4 is 0 Å². The molecular formula is C9H16O5. The van der Waals surface area contributed by atoms with Gasteiger partial charge in [-0.05, 0) is 6.42 Å². The minimum atomic E-state index is -1.11.